The Balaban J connectivity index is 1.74. The molecule has 3 aromatic rings. The van der Waals surface area contributed by atoms with E-state index in [9.17, 15) is 13.6 Å². The Morgan fingerprint density at radius 1 is 0.826 bits per heavy atom. The molecule has 3 rings (SSSR count). The summed E-state index contributed by atoms with van der Waals surface area (Å²) in [6, 6.07) is 14.7. The molecule has 0 amide bonds. The molecule has 0 unspecified atom stereocenters. The van der Waals surface area contributed by atoms with Crippen LogP contribution in [0.1, 0.15) is 16.1 Å². The first-order valence-corrected chi connectivity index (χ1v) is 6.95. The van der Waals surface area contributed by atoms with Crippen LogP contribution < -0.4 is 0 Å². The number of halogens is 2. The van der Waals surface area contributed by atoms with E-state index in [2.05, 4.69) is 0 Å². The smallest absolute Gasteiger partial charge is 0.185 e. The summed E-state index contributed by atoms with van der Waals surface area (Å²) in [5, 5.41) is 0. The molecular formula is C19H12F2O2. The van der Waals surface area contributed by atoms with Gasteiger partial charge in [0.05, 0.1) is 0 Å². The van der Waals surface area contributed by atoms with Gasteiger partial charge in [0, 0.05) is 11.1 Å². The molecule has 2 nitrogen and oxygen atoms in total. The number of furan rings is 1. The molecule has 0 N–H and O–H groups in total. The molecule has 4 heteroatoms. The van der Waals surface area contributed by atoms with Crippen LogP contribution >= 0.6 is 0 Å². The van der Waals surface area contributed by atoms with Crippen LogP contribution in [0, 0.1) is 11.6 Å². The van der Waals surface area contributed by atoms with E-state index in [0.29, 0.717) is 17.1 Å². The van der Waals surface area contributed by atoms with Crippen molar-refractivity contribution in [2.45, 2.75) is 0 Å². The summed E-state index contributed by atoms with van der Waals surface area (Å²) >= 11 is 0. The molecule has 1 aromatic heterocycles. The number of benzene rings is 2. The van der Waals surface area contributed by atoms with Gasteiger partial charge < -0.3 is 4.42 Å². The van der Waals surface area contributed by atoms with Crippen molar-refractivity contribution >= 4 is 11.9 Å². The maximum atomic E-state index is 12.9. The van der Waals surface area contributed by atoms with Gasteiger partial charge in [-0.15, -0.1) is 0 Å². The number of hydrogen-bond donors (Lipinski definition) is 0. The Hall–Kier alpha value is -3.01. The molecule has 0 aliphatic rings. The van der Waals surface area contributed by atoms with Gasteiger partial charge in [0.2, 0.25) is 0 Å². The second-order valence-corrected chi connectivity index (χ2v) is 4.91. The predicted octanol–water partition coefficient (Wildman–Crippen LogP) is 5.12. The number of allylic oxidation sites excluding steroid dienone is 1. The summed E-state index contributed by atoms with van der Waals surface area (Å²) in [5.41, 5.74) is 1.14. The third-order valence-electron chi connectivity index (χ3n) is 3.28. The largest absolute Gasteiger partial charge is 0.457 e. The van der Waals surface area contributed by atoms with Crippen LogP contribution in [0.3, 0.4) is 0 Å². The molecule has 0 bridgehead atoms. The molecule has 2 aromatic carbocycles. The van der Waals surface area contributed by atoms with E-state index >= 15 is 0 Å². The standard InChI is InChI=1S/C19H12F2O2/c20-15-5-1-13(2-6-15)18(22)11-9-17-10-12-19(23-17)14-3-7-16(21)8-4-14/h1-12H. The minimum Gasteiger partial charge on any atom is -0.457 e. The lowest BCUT2D eigenvalue weighted by atomic mass is 10.1. The van der Waals surface area contributed by atoms with Crippen molar-refractivity contribution in [3.05, 3.63) is 89.7 Å². The maximum absolute atomic E-state index is 12.9. The molecule has 0 atom stereocenters. The van der Waals surface area contributed by atoms with Crippen molar-refractivity contribution in [1.82, 2.24) is 0 Å². The minimum absolute atomic E-state index is 0.246. The second-order valence-electron chi connectivity index (χ2n) is 4.91. The predicted molar refractivity (Wildman–Crippen MR) is 83.9 cm³/mol. The van der Waals surface area contributed by atoms with E-state index in [1.165, 1.54) is 42.5 Å². The fourth-order valence-electron chi connectivity index (χ4n) is 2.08. The normalized spacial score (nSPS) is 11.0. The molecule has 0 radical (unpaired) electrons. The monoisotopic (exact) mass is 310 g/mol. The van der Waals surface area contributed by atoms with Gasteiger partial charge in [-0.2, -0.15) is 0 Å². The molecule has 0 spiro atoms. The first kappa shape index (κ1) is 14.9. The van der Waals surface area contributed by atoms with Gasteiger partial charge >= 0.3 is 0 Å². The van der Waals surface area contributed by atoms with Gasteiger partial charge in [-0.1, -0.05) is 0 Å². The number of ketones is 1. The Bertz CT molecular complexity index is 844. The van der Waals surface area contributed by atoms with Crippen molar-refractivity contribution in [1.29, 1.82) is 0 Å². The zero-order valence-corrected chi connectivity index (χ0v) is 12.0. The highest BCUT2D eigenvalue weighted by Gasteiger charge is 2.05. The zero-order chi connectivity index (χ0) is 16.2. The van der Waals surface area contributed by atoms with E-state index in [1.54, 1.807) is 30.3 Å². The third kappa shape index (κ3) is 3.61. The van der Waals surface area contributed by atoms with Gasteiger partial charge in [0.25, 0.3) is 0 Å². The van der Waals surface area contributed by atoms with Crippen LogP contribution in [0.15, 0.2) is 71.2 Å². The molecule has 0 saturated carbocycles. The number of hydrogen-bond acceptors (Lipinski definition) is 2. The van der Waals surface area contributed by atoms with Crippen molar-refractivity contribution in [3.8, 4) is 11.3 Å². The van der Waals surface area contributed by atoms with Gasteiger partial charge in [0.15, 0.2) is 5.78 Å². The molecule has 0 aliphatic carbocycles. The van der Waals surface area contributed by atoms with Gasteiger partial charge in [-0.3, -0.25) is 4.79 Å². The average Bonchev–Trinajstić information content (AvgIpc) is 3.03. The van der Waals surface area contributed by atoms with Crippen LogP contribution in [0.5, 0.6) is 0 Å². The Morgan fingerprint density at radius 3 is 2.09 bits per heavy atom. The number of carbonyl (C=O) groups is 1. The van der Waals surface area contributed by atoms with Crippen LogP contribution in [0.4, 0.5) is 8.78 Å². The van der Waals surface area contributed by atoms with Crippen molar-refractivity contribution in [3.63, 3.8) is 0 Å². The van der Waals surface area contributed by atoms with E-state index in [0.717, 1.165) is 5.56 Å². The summed E-state index contributed by atoms with van der Waals surface area (Å²) in [4.78, 5) is 12.0. The maximum Gasteiger partial charge on any atom is 0.185 e. The Morgan fingerprint density at radius 2 is 1.43 bits per heavy atom. The van der Waals surface area contributed by atoms with Gasteiger partial charge in [0.1, 0.15) is 23.2 Å². The van der Waals surface area contributed by atoms with Crippen LogP contribution in [-0.4, -0.2) is 5.78 Å². The first-order valence-electron chi connectivity index (χ1n) is 6.95. The van der Waals surface area contributed by atoms with Gasteiger partial charge in [-0.05, 0) is 72.8 Å². The lowest BCUT2D eigenvalue weighted by Gasteiger charge is -1.96. The third-order valence-corrected chi connectivity index (χ3v) is 3.28. The fraction of sp³-hybridized carbons (Fsp3) is 0. The minimum atomic E-state index is -0.388. The highest BCUT2D eigenvalue weighted by Crippen LogP contribution is 2.23. The van der Waals surface area contributed by atoms with Crippen molar-refractivity contribution in [2.75, 3.05) is 0 Å². The number of rotatable bonds is 4. The summed E-state index contributed by atoms with van der Waals surface area (Å²) in [7, 11) is 0. The summed E-state index contributed by atoms with van der Waals surface area (Å²) in [6.07, 6.45) is 2.90. The van der Waals surface area contributed by atoms with Crippen molar-refractivity contribution < 1.29 is 18.0 Å². The van der Waals surface area contributed by atoms with E-state index in [-0.39, 0.29) is 17.4 Å². The molecular weight excluding hydrogens is 298 g/mol. The second kappa shape index (κ2) is 6.40. The topological polar surface area (TPSA) is 30.2 Å². The molecule has 0 saturated heterocycles. The fourth-order valence-corrected chi connectivity index (χ4v) is 2.08. The lowest BCUT2D eigenvalue weighted by molar-refractivity contribution is 0.104. The summed E-state index contributed by atoms with van der Waals surface area (Å²) in [6.45, 7) is 0. The lowest BCUT2D eigenvalue weighted by Crippen LogP contribution is -1.93. The average molecular weight is 310 g/mol. The van der Waals surface area contributed by atoms with Crippen LogP contribution in [0.25, 0.3) is 17.4 Å². The first-order chi connectivity index (χ1) is 11.1. The quantitative estimate of drug-likeness (QED) is 0.494. The SMILES string of the molecule is O=C(C=Cc1ccc(-c2ccc(F)cc2)o1)c1ccc(F)cc1. The molecule has 0 fully saturated rings. The molecule has 23 heavy (non-hydrogen) atoms. The summed E-state index contributed by atoms with van der Waals surface area (Å²) in [5.74, 6) is 0.134. The van der Waals surface area contributed by atoms with Crippen molar-refractivity contribution in [2.24, 2.45) is 0 Å². The zero-order valence-electron chi connectivity index (χ0n) is 12.0. The molecule has 0 aliphatic heterocycles. The highest BCUT2D eigenvalue weighted by molar-refractivity contribution is 6.06. The number of carbonyl (C=O) groups excluding carboxylic acids is 1. The molecule has 1 heterocycles. The Labute approximate surface area is 131 Å². The summed E-state index contributed by atoms with van der Waals surface area (Å²) < 4.78 is 31.3. The van der Waals surface area contributed by atoms with Crippen LogP contribution in [0.2, 0.25) is 0 Å². The van der Waals surface area contributed by atoms with Gasteiger partial charge in [-0.25, -0.2) is 8.78 Å². The van der Waals surface area contributed by atoms with E-state index in [1.807, 2.05) is 0 Å². The highest BCUT2D eigenvalue weighted by atomic mass is 19.1. The van der Waals surface area contributed by atoms with E-state index in [4.69, 9.17) is 4.42 Å². The van der Waals surface area contributed by atoms with Crippen LogP contribution in [-0.2, 0) is 0 Å². The van der Waals surface area contributed by atoms with E-state index < -0.39 is 0 Å². The molecule has 114 valence electrons. The Kier molecular flexibility index (Phi) is 4.15.